The number of phenolic OH excluding ortho intramolecular Hbond substituents is 1. The number of halogens is 3. The lowest BCUT2D eigenvalue weighted by Crippen LogP contribution is -1.95. The Labute approximate surface area is 136 Å². The second kappa shape index (κ2) is 6.85. The van der Waals surface area contributed by atoms with Gasteiger partial charge in [0.25, 0.3) is 0 Å². The summed E-state index contributed by atoms with van der Waals surface area (Å²) in [6, 6.07) is 4.68. The Kier molecular flexibility index (Phi) is 5.12. The zero-order chi connectivity index (χ0) is 15.4. The van der Waals surface area contributed by atoms with E-state index in [9.17, 15) is 5.11 Å². The van der Waals surface area contributed by atoms with E-state index in [1.54, 1.807) is 18.2 Å². The lowest BCUT2D eigenvalue weighted by molar-refractivity contribution is 0.373. The number of aromatic nitrogens is 1. The summed E-state index contributed by atoms with van der Waals surface area (Å²) in [5.74, 6) is 0.507. The minimum atomic E-state index is -0.119. The summed E-state index contributed by atoms with van der Waals surface area (Å²) in [5, 5.41) is 14.6. The topological polar surface area (TPSA) is 66.7 Å². The average Bonchev–Trinajstić information content (AvgIpc) is 2.44. The predicted octanol–water partition coefficient (Wildman–Crippen LogP) is 4.20. The van der Waals surface area contributed by atoms with Crippen molar-refractivity contribution >= 4 is 46.8 Å². The molecule has 0 fully saturated rings. The van der Waals surface area contributed by atoms with Crippen LogP contribution in [0.2, 0.25) is 15.1 Å². The normalized spacial score (nSPS) is 10.9. The highest BCUT2D eigenvalue weighted by atomic mass is 35.5. The SMILES string of the molecule is COc1cc(C=NNc2ncc(Cl)cc2Cl)cc(Cl)c1O. The monoisotopic (exact) mass is 345 g/mol. The molecule has 1 heterocycles. The number of rotatable bonds is 4. The van der Waals surface area contributed by atoms with Crippen LogP contribution in [0.3, 0.4) is 0 Å². The minimum absolute atomic E-state index is 0.119. The minimum Gasteiger partial charge on any atom is -0.503 e. The molecule has 2 N–H and O–H groups in total. The third-order valence-corrected chi connectivity index (χ3v) is 3.25. The van der Waals surface area contributed by atoms with Crippen molar-refractivity contribution in [2.75, 3.05) is 12.5 Å². The van der Waals surface area contributed by atoms with Crippen LogP contribution in [0, 0.1) is 0 Å². The second-order valence-electron chi connectivity index (χ2n) is 3.91. The van der Waals surface area contributed by atoms with Gasteiger partial charge in [-0.15, -0.1) is 0 Å². The third kappa shape index (κ3) is 3.91. The first-order valence-corrected chi connectivity index (χ1v) is 6.81. The lowest BCUT2D eigenvalue weighted by atomic mass is 10.2. The fraction of sp³-hybridized carbons (Fsp3) is 0.0769. The molecule has 0 radical (unpaired) electrons. The number of aromatic hydroxyl groups is 1. The molecule has 2 aromatic rings. The maximum atomic E-state index is 9.63. The summed E-state index contributed by atoms with van der Waals surface area (Å²) < 4.78 is 5.00. The maximum Gasteiger partial charge on any atom is 0.176 e. The first kappa shape index (κ1) is 15.7. The number of ether oxygens (including phenoxy) is 1. The van der Waals surface area contributed by atoms with Crippen LogP contribution in [-0.4, -0.2) is 23.4 Å². The van der Waals surface area contributed by atoms with Crippen LogP contribution in [0.25, 0.3) is 0 Å². The maximum absolute atomic E-state index is 9.63. The molecular formula is C13H10Cl3N3O2. The Hall–Kier alpha value is -1.69. The van der Waals surface area contributed by atoms with E-state index < -0.39 is 0 Å². The van der Waals surface area contributed by atoms with Gasteiger partial charge in [-0.05, 0) is 23.8 Å². The molecule has 0 aliphatic heterocycles. The van der Waals surface area contributed by atoms with E-state index in [1.807, 2.05) is 0 Å². The fourth-order valence-corrected chi connectivity index (χ4v) is 2.13. The van der Waals surface area contributed by atoms with Gasteiger partial charge in [0.1, 0.15) is 0 Å². The van der Waals surface area contributed by atoms with E-state index in [2.05, 4.69) is 15.5 Å². The quantitative estimate of drug-likeness (QED) is 0.643. The molecule has 0 saturated heterocycles. The van der Waals surface area contributed by atoms with Crippen molar-refractivity contribution in [2.24, 2.45) is 5.10 Å². The van der Waals surface area contributed by atoms with Gasteiger partial charge in [0.05, 0.1) is 28.4 Å². The van der Waals surface area contributed by atoms with E-state index in [-0.39, 0.29) is 16.5 Å². The number of nitrogens with one attached hydrogen (secondary N) is 1. The van der Waals surface area contributed by atoms with E-state index in [1.165, 1.54) is 19.5 Å². The largest absolute Gasteiger partial charge is 0.503 e. The van der Waals surface area contributed by atoms with Crippen LogP contribution >= 0.6 is 34.8 Å². The van der Waals surface area contributed by atoms with Gasteiger partial charge in [-0.2, -0.15) is 5.10 Å². The van der Waals surface area contributed by atoms with Crippen LogP contribution in [0.15, 0.2) is 29.5 Å². The molecule has 5 nitrogen and oxygen atoms in total. The van der Waals surface area contributed by atoms with Gasteiger partial charge in [-0.25, -0.2) is 4.98 Å². The second-order valence-corrected chi connectivity index (χ2v) is 5.16. The molecular weight excluding hydrogens is 337 g/mol. The predicted molar refractivity (Wildman–Crippen MR) is 85.1 cm³/mol. The Balaban J connectivity index is 2.16. The molecule has 0 amide bonds. The highest BCUT2D eigenvalue weighted by Crippen LogP contribution is 2.34. The van der Waals surface area contributed by atoms with Crippen molar-refractivity contribution in [2.45, 2.75) is 0 Å². The molecule has 1 aromatic heterocycles. The number of hydrogen-bond donors (Lipinski definition) is 2. The molecule has 2 rings (SSSR count). The zero-order valence-electron chi connectivity index (χ0n) is 10.8. The summed E-state index contributed by atoms with van der Waals surface area (Å²) in [5.41, 5.74) is 3.31. The van der Waals surface area contributed by atoms with Crippen molar-refractivity contribution in [1.82, 2.24) is 4.98 Å². The Morgan fingerprint density at radius 3 is 2.67 bits per heavy atom. The summed E-state index contributed by atoms with van der Waals surface area (Å²) in [6.07, 6.45) is 2.94. The van der Waals surface area contributed by atoms with E-state index >= 15 is 0 Å². The standard InChI is InChI=1S/C13H10Cl3N3O2/c1-21-11-3-7(2-9(15)12(11)20)5-18-19-13-10(16)4-8(14)6-17-13/h2-6,20H,1H3,(H,17,19). The summed E-state index contributed by atoms with van der Waals surface area (Å²) in [7, 11) is 1.43. The third-order valence-electron chi connectivity index (χ3n) is 2.46. The van der Waals surface area contributed by atoms with Gasteiger partial charge >= 0.3 is 0 Å². The van der Waals surface area contributed by atoms with Gasteiger partial charge in [-0.1, -0.05) is 34.8 Å². The number of benzene rings is 1. The van der Waals surface area contributed by atoms with Crippen LogP contribution in [0.4, 0.5) is 5.82 Å². The molecule has 0 unspecified atom stereocenters. The number of hydrogen-bond acceptors (Lipinski definition) is 5. The van der Waals surface area contributed by atoms with Gasteiger partial charge < -0.3 is 9.84 Å². The highest BCUT2D eigenvalue weighted by Gasteiger charge is 2.08. The Morgan fingerprint density at radius 2 is 2.00 bits per heavy atom. The highest BCUT2D eigenvalue weighted by molar-refractivity contribution is 6.36. The van der Waals surface area contributed by atoms with Gasteiger partial charge in [0.2, 0.25) is 0 Å². The van der Waals surface area contributed by atoms with E-state index in [0.717, 1.165) is 0 Å². The summed E-state index contributed by atoms with van der Waals surface area (Å²) in [4.78, 5) is 3.99. The van der Waals surface area contributed by atoms with Crippen molar-refractivity contribution in [3.05, 3.63) is 45.0 Å². The molecule has 0 atom stereocenters. The number of anilines is 1. The molecule has 110 valence electrons. The van der Waals surface area contributed by atoms with Crippen molar-refractivity contribution in [3.63, 3.8) is 0 Å². The van der Waals surface area contributed by atoms with Gasteiger partial charge in [0, 0.05) is 6.20 Å². The molecule has 0 bridgehead atoms. The van der Waals surface area contributed by atoms with Gasteiger partial charge in [0.15, 0.2) is 17.3 Å². The number of phenols is 1. The summed E-state index contributed by atoms with van der Waals surface area (Å²) in [6.45, 7) is 0. The van der Waals surface area contributed by atoms with Crippen molar-refractivity contribution < 1.29 is 9.84 Å². The van der Waals surface area contributed by atoms with Crippen molar-refractivity contribution in [1.29, 1.82) is 0 Å². The first-order valence-electron chi connectivity index (χ1n) is 5.68. The molecule has 0 aliphatic rings. The molecule has 8 heteroatoms. The smallest absolute Gasteiger partial charge is 0.176 e. The average molecular weight is 347 g/mol. The Morgan fingerprint density at radius 1 is 1.24 bits per heavy atom. The number of methoxy groups -OCH3 is 1. The molecule has 0 saturated carbocycles. The Bertz CT molecular complexity index is 693. The van der Waals surface area contributed by atoms with Crippen molar-refractivity contribution in [3.8, 4) is 11.5 Å². The lowest BCUT2D eigenvalue weighted by Gasteiger charge is -2.06. The first-order chi connectivity index (χ1) is 10.0. The van der Waals surface area contributed by atoms with Crippen LogP contribution < -0.4 is 10.2 Å². The van der Waals surface area contributed by atoms with Crippen LogP contribution in [-0.2, 0) is 0 Å². The summed E-state index contributed by atoms with van der Waals surface area (Å²) >= 11 is 17.6. The zero-order valence-corrected chi connectivity index (χ0v) is 13.0. The molecule has 21 heavy (non-hydrogen) atoms. The number of pyridine rings is 1. The van der Waals surface area contributed by atoms with E-state index in [0.29, 0.717) is 21.4 Å². The molecule has 0 aliphatic carbocycles. The molecule has 0 spiro atoms. The van der Waals surface area contributed by atoms with Crippen LogP contribution in [0.1, 0.15) is 5.56 Å². The fourth-order valence-electron chi connectivity index (χ4n) is 1.49. The molecule has 1 aromatic carbocycles. The number of hydrazone groups is 1. The van der Waals surface area contributed by atoms with Crippen LogP contribution in [0.5, 0.6) is 11.5 Å². The van der Waals surface area contributed by atoms with Gasteiger partial charge in [-0.3, -0.25) is 5.43 Å². The number of nitrogens with zero attached hydrogens (tertiary/aromatic N) is 2. The van der Waals surface area contributed by atoms with E-state index in [4.69, 9.17) is 39.5 Å².